The van der Waals surface area contributed by atoms with Crippen LogP contribution in [0.5, 0.6) is 0 Å². The average molecular weight is 353 g/mol. The summed E-state index contributed by atoms with van der Waals surface area (Å²) in [6, 6.07) is 29.8. The number of nitrogens with one attached hydrogen (secondary N) is 1. The second-order valence-electron chi connectivity index (χ2n) is 6.18. The zero-order valence-corrected chi connectivity index (χ0v) is 15.0. The first kappa shape index (κ1) is 16.8. The summed E-state index contributed by atoms with van der Waals surface area (Å²) in [4.78, 5) is 11.8. The number of benzene rings is 3. The van der Waals surface area contributed by atoms with Gasteiger partial charge in [-0.15, -0.1) is 0 Å². The maximum absolute atomic E-state index is 11.8. The minimum Gasteiger partial charge on any atom is -0.355 e. The number of carbonyl (C=O) groups excluding carboxylic acids is 1. The van der Waals surface area contributed by atoms with E-state index in [9.17, 15) is 4.79 Å². The SMILES string of the molecule is CNC(=O)c1ccc(-n2nc(-c3ccccc3)cc2-c2ccccc2)cc1. The Kier molecular flexibility index (Phi) is 4.54. The molecular weight excluding hydrogens is 334 g/mol. The van der Waals surface area contributed by atoms with Crippen LogP contribution in [0, 0.1) is 0 Å². The molecule has 132 valence electrons. The van der Waals surface area contributed by atoms with Crippen molar-refractivity contribution in [1.29, 1.82) is 0 Å². The van der Waals surface area contributed by atoms with Crippen molar-refractivity contribution >= 4 is 5.91 Å². The fourth-order valence-corrected chi connectivity index (χ4v) is 3.04. The molecule has 0 atom stereocenters. The molecule has 27 heavy (non-hydrogen) atoms. The predicted molar refractivity (Wildman–Crippen MR) is 108 cm³/mol. The summed E-state index contributed by atoms with van der Waals surface area (Å²) in [5.74, 6) is -0.102. The van der Waals surface area contributed by atoms with Gasteiger partial charge in [-0.2, -0.15) is 5.10 Å². The predicted octanol–water partition coefficient (Wildman–Crippen LogP) is 4.57. The summed E-state index contributed by atoms with van der Waals surface area (Å²) in [6.45, 7) is 0. The third-order valence-electron chi connectivity index (χ3n) is 4.45. The highest BCUT2D eigenvalue weighted by molar-refractivity contribution is 5.94. The second kappa shape index (κ2) is 7.30. The van der Waals surface area contributed by atoms with Crippen molar-refractivity contribution in [2.24, 2.45) is 0 Å². The highest BCUT2D eigenvalue weighted by Crippen LogP contribution is 2.28. The fraction of sp³-hybridized carbons (Fsp3) is 0.0435. The minimum atomic E-state index is -0.102. The number of carbonyl (C=O) groups is 1. The lowest BCUT2D eigenvalue weighted by atomic mass is 10.1. The Balaban J connectivity index is 1.83. The quantitative estimate of drug-likeness (QED) is 0.584. The van der Waals surface area contributed by atoms with Crippen molar-refractivity contribution in [2.45, 2.75) is 0 Å². The molecule has 0 saturated carbocycles. The molecule has 4 heteroatoms. The van der Waals surface area contributed by atoms with Crippen molar-refractivity contribution in [3.05, 3.63) is 96.6 Å². The molecule has 1 heterocycles. The van der Waals surface area contributed by atoms with E-state index in [4.69, 9.17) is 5.10 Å². The van der Waals surface area contributed by atoms with E-state index in [0.29, 0.717) is 5.56 Å². The first-order valence-corrected chi connectivity index (χ1v) is 8.80. The molecule has 0 radical (unpaired) electrons. The van der Waals surface area contributed by atoms with E-state index in [1.807, 2.05) is 65.3 Å². The molecule has 4 nitrogen and oxygen atoms in total. The van der Waals surface area contributed by atoms with E-state index in [1.165, 1.54) is 0 Å². The van der Waals surface area contributed by atoms with Gasteiger partial charge in [0.2, 0.25) is 0 Å². The van der Waals surface area contributed by atoms with E-state index < -0.39 is 0 Å². The molecular formula is C23H19N3O. The molecule has 4 aromatic rings. The zero-order valence-electron chi connectivity index (χ0n) is 15.0. The van der Waals surface area contributed by atoms with Crippen LogP contribution in [0.4, 0.5) is 0 Å². The van der Waals surface area contributed by atoms with E-state index >= 15 is 0 Å². The summed E-state index contributed by atoms with van der Waals surface area (Å²) < 4.78 is 1.92. The van der Waals surface area contributed by atoms with E-state index in [1.54, 1.807) is 7.05 Å². The number of nitrogens with zero attached hydrogens (tertiary/aromatic N) is 2. The van der Waals surface area contributed by atoms with Crippen LogP contribution in [0.15, 0.2) is 91.0 Å². The fourth-order valence-electron chi connectivity index (χ4n) is 3.04. The average Bonchev–Trinajstić information content (AvgIpc) is 3.20. The smallest absolute Gasteiger partial charge is 0.251 e. The topological polar surface area (TPSA) is 46.9 Å². The summed E-state index contributed by atoms with van der Waals surface area (Å²) in [5, 5.41) is 7.48. The third-order valence-corrected chi connectivity index (χ3v) is 4.45. The van der Waals surface area contributed by atoms with Gasteiger partial charge in [0.15, 0.2) is 0 Å². The highest BCUT2D eigenvalue weighted by Gasteiger charge is 2.13. The Hall–Kier alpha value is -3.66. The van der Waals surface area contributed by atoms with Gasteiger partial charge in [-0.3, -0.25) is 4.79 Å². The molecule has 3 aromatic carbocycles. The van der Waals surface area contributed by atoms with Crippen molar-refractivity contribution in [3.63, 3.8) is 0 Å². The van der Waals surface area contributed by atoms with E-state index in [2.05, 4.69) is 35.6 Å². The van der Waals surface area contributed by atoms with Gasteiger partial charge in [-0.05, 0) is 30.3 Å². The molecule has 0 spiro atoms. The van der Waals surface area contributed by atoms with Gasteiger partial charge in [0.25, 0.3) is 5.91 Å². The molecule has 0 aliphatic carbocycles. The van der Waals surface area contributed by atoms with Crippen molar-refractivity contribution in [3.8, 4) is 28.2 Å². The molecule has 0 fully saturated rings. The van der Waals surface area contributed by atoms with Crippen LogP contribution in [-0.2, 0) is 0 Å². The number of aromatic nitrogens is 2. The van der Waals surface area contributed by atoms with Gasteiger partial charge in [0.1, 0.15) is 0 Å². The standard InChI is InChI=1S/C23H19N3O/c1-24-23(27)19-12-14-20(15-13-19)26-22(18-10-6-3-7-11-18)16-21(25-26)17-8-4-2-5-9-17/h2-16H,1H3,(H,24,27). The maximum Gasteiger partial charge on any atom is 0.251 e. The summed E-state index contributed by atoms with van der Waals surface area (Å²) >= 11 is 0. The molecule has 0 aliphatic rings. The largest absolute Gasteiger partial charge is 0.355 e. The lowest BCUT2D eigenvalue weighted by molar-refractivity contribution is 0.0963. The van der Waals surface area contributed by atoms with Crippen molar-refractivity contribution < 1.29 is 4.79 Å². The lowest BCUT2D eigenvalue weighted by Gasteiger charge is -2.08. The highest BCUT2D eigenvalue weighted by atomic mass is 16.1. The van der Waals surface area contributed by atoms with Gasteiger partial charge in [-0.1, -0.05) is 60.7 Å². The summed E-state index contributed by atoms with van der Waals surface area (Å²) in [7, 11) is 1.63. The first-order valence-electron chi connectivity index (χ1n) is 8.80. The van der Waals surface area contributed by atoms with Gasteiger partial charge in [-0.25, -0.2) is 4.68 Å². The van der Waals surface area contributed by atoms with Gasteiger partial charge >= 0.3 is 0 Å². The molecule has 0 bridgehead atoms. The van der Waals surface area contributed by atoms with Crippen LogP contribution in [0.1, 0.15) is 10.4 Å². The van der Waals surface area contributed by atoms with Crippen LogP contribution in [0.2, 0.25) is 0 Å². The van der Waals surface area contributed by atoms with Crippen LogP contribution in [-0.4, -0.2) is 22.7 Å². The van der Waals surface area contributed by atoms with Crippen LogP contribution in [0.25, 0.3) is 28.2 Å². The van der Waals surface area contributed by atoms with Crippen LogP contribution in [0.3, 0.4) is 0 Å². The third kappa shape index (κ3) is 3.37. The summed E-state index contributed by atoms with van der Waals surface area (Å²) in [5.41, 5.74) is 5.59. The molecule has 4 rings (SSSR count). The molecule has 0 aliphatic heterocycles. The number of rotatable bonds is 4. The minimum absolute atomic E-state index is 0.102. The van der Waals surface area contributed by atoms with Gasteiger partial charge in [0.05, 0.1) is 17.1 Å². The molecule has 1 N–H and O–H groups in total. The Morgan fingerprint density at radius 3 is 2.00 bits per heavy atom. The monoisotopic (exact) mass is 353 g/mol. The van der Waals surface area contributed by atoms with Crippen molar-refractivity contribution in [2.75, 3.05) is 7.05 Å². The Labute approximate surface area is 158 Å². The lowest BCUT2D eigenvalue weighted by Crippen LogP contribution is -2.17. The van der Waals surface area contributed by atoms with Crippen LogP contribution < -0.4 is 5.32 Å². The van der Waals surface area contributed by atoms with Crippen LogP contribution >= 0.6 is 0 Å². The van der Waals surface area contributed by atoms with E-state index in [-0.39, 0.29) is 5.91 Å². The van der Waals surface area contributed by atoms with E-state index in [0.717, 1.165) is 28.2 Å². The number of hydrogen-bond acceptors (Lipinski definition) is 2. The molecule has 0 saturated heterocycles. The Bertz CT molecular complexity index is 1050. The van der Waals surface area contributed by atoms with Gasteiger partial charge in [0, 0.05) is 23.7 Å². The Morgan fingerprint density at radius 2 is 1.41 bits per heavy atom. The molecule has 1 amide bonds. The normalized spacial score (nSPS) is 10.6. The summed E-state index contributed by atoms with van der Waals surface area (Å²) in [6.07, 6.45) is 0. The first-order chi connectivity index (χ1) is 13.3. The number of amides is 1. The maximum atomic E-state index is 11.8. The molecule has 1 aromatic heterocycles. The number of hydrogen-bond donors (Lipinski definition) is 1. The Morgan fingerprint density at radius 1 is 0.815 bits per heavy atom. The van der Waals surface area contributed by atoms with Crippen molar-refractivity contribution in [1.82, 2.24) is 15.1 Å². The second-order valence-corrected chi connectivity index (χ2v) is 6.18. The van der Waals surface area contributed by atoms with Gasteiger partial charge < -0.3 is 5.32 Å². The molecule has 0 unspecified atom stereocenters. The zero-order chi connectivity index (χ0) is 18.6.